The van der Waals surface area contributed by atoms with Crippen LogP contribution in [0, 0.1) is 0 Å². The molecular formula is C26H46O5. The van der Waals surface area contributed by atoms with E-state index in [1.807, 2.05) is 0 Å². The van der Waals surface area contributed by atoms with Crippen LogP contribution in [0.5, 0.6) is 0 Å². The quantitative estimate of drug-likeness (QED) is 0.134. The summed E-state index contributed by atoms with van der Waals surface area (Å²) in [7, 11) is 0. The maximum absolute atomic E-state index is 12.4. The largest absolute Gasteiger partial charge is 0.479 e. The minimum Gasteiger partial charge on any atom is -0.479 e. The fourth-order valence-electron chi connectivity index (χ4n) is 5.09. The molecule has 0 spiro atoms. The van der Waals surface area contributed by atoms with E-state index in [0.717, 1.165) is 25.7 Å². The lowest BCUT2D eigenvalue weighted by atomic mass is 9.79. The van der Waals surface area contributed by atoms with Gasteiger partial charge in [-0.25, -0.2) is 9.59 Å². The molecule has 180 valence electrons. The second kappa shape index (κ2) is 14.1. The van der Waals surface area contributed by atoms with Crippen molar-refractivity contribution < 1.29 is 24.2 Å². The van der Waals surface area contributed by atoms with E-state index in [9.17, 15) is 14.7 Å². The van der Waals surface area contributed by atoms with Crippen molar-refractivity contribution in [1.29, 1.82) is 0 Å². The van der Waals surface area contributed by atoms with Crippen LogP contribution in [0.25, 0.3) is 0 Å². The summed E-state index contributed by atoms with van der Waals surface area (Å²) >= 11 is 0. The Labute approximate surface area is 189 Å². The topological polar surface area (TPSA) is 76.1 Å². The van der Waals surface area contributed by atoms with Crippen LogP contribution in [0.1, 0.15) is 135 Å². The second-order valence-corrected chi connectivity index (χ2v) is 9.71. The first-order valence-electron chi connectivity index (χ1n) is 13.2. The van der Waals surface area contributed by atoms with Crippen molar-refractivity contribution in [2.24, 2.45) is 0 Å². The molecule has 31 heavy (non-hydrogen) atoms. The smallest absolute Gasteiger partial charge is 0.342 e. The van der Waals surface area contributed by atoms with E-state index in [4.69, 9.17) is 9.47 Å². The zero-order chi connectivity index (χ0) is 22.4. The van der Waals surface area contributed by atoms with E-state index in [1.165, 1.54) is 89.9 Å². The lowest BCUT2D eigenvalue weighted by Gasteiger charge is -2.20. The maximum Gasteiger partial charge on any atom is 0.342 e. The van der Waals surface area contributed by atoms with Crippen LogP contribution >= 0.6 is 0 Å². The number of carboxylic acids is 1. The molecule has 2 atom stereocenters. The Hall–Kier alpha value is -1.10. The Kier molecular flexibility index (Phi) is 11.9. The number of rotatable bonds is 19. The third kappa shape index (κ3) is 7.76. The molecule has 5 heteroatoms. The summed E-state index contributed by atoms with van der Waals surface area (Å²) in [6.07, 6.45) is 23.4. The Balaban J connectivity index is 1.36. The number of fused-ring (bicyclic) bond motifs is 1. The normalized spacial score (nSPS) is 24.5. The molecule has 2 rings (SSSR count). The molecule has 0 bridgehead atoms. The second-order valence-electron chi connectivity index (χ2n) is 9.71. The number of hydrogen-bond donors (Lipinski definition) is 1. The third-order valence-corrected chi connectivity index (χ3v) is 7.17. The summed E-state index contributed by atoms with van der Waals surface area (Å²) < 4.78 is 10.9. The van der Waals surface area contributed by atoms with Crippen LogP contribution < -0.4 is 0 Å². The van der Waals surface area contributed by atoms with E-state index < -0.39 is 23.1 Å². The molecule has 2 aliphatic rings. The summed E-state index contributed by atoms with van der Waals surface area (Å²) in [5.74, 6) is -1.48. The highest BCUT2D eigenvalue weighted by molar-refractivity contribution is 5.97. The van der Waals surface area contributed by atoms with Gasteiger partial charge in [0.1, 0.15) is 0 Å². The van der Waals surface area contributed by atoms with Gasteiger partial charge in [0.15, 0.2) is 0 Å². The summed E-state index contributed by atoms with van der Waals surface area (Å²) in [5, 5.41) is 9.44. The fraction of sp³-hybridized carbons (Fsp3) is 0.923. The minimum atomic E-state index is -1.31. The lowest BCUT2D eigenvalue weighted by molar-refractivity contribution is -0.152. The van der Waals surface area contributed by atoms with Crippen molar-refractivity contribution in [2.45, 2.75) is 147 Å². The van der Waals surface area contributed by atoms with Gasteiger partial charge in [-0.3, -0.25) is 0 Å². The van der Waals surface area contributed by atoms with Gasteiger partial charge in [-0.1, -0.05) is 103 Å². The van der Waals surface area contributed by atoms with Crippen LogP contribution in [-0.4, -0.2) is 34.9 Å². The molecule has 1 aliphatic heterocycles. The number of esters is 1. The molecule has 1 heterocycles. The molecular weight excluding hydrogens is 392 g/mol. The van der Waals surface area contributed by atoms with Crippen LogP contribution in [-0.2, 0) is 19.1 Å². The first-order chi connectivity index (χ1) is 15.1. The van der Waals surface area contributed by atoms with Crippen LogP contribution in [0.3, 0.4) is 0 Å². The summed E-state index contributed by atoms with van der Waals surface area (Å²) in [5.41, 5.74) is -2.51. The molecule has 0 aromatic heterocycles. The van der Waals surface area contributed by atoms with Crippen molar-refractivity contribution in [2.75, 3.05) is 6.61 Å². The van der Waals surface area contributed by atoms with Gasteiger partial charge in [-0.15, -0.1) is 0 Å². The number of carbonyl (C=O) groups excluding carboxylic acids is 1. The standard InChI is InChI=1S/C26H46O5/c1-2-3-4-5-6-7-8-9-10-11-12-13-14-15-16-19-22-30-24(29)26-21-18-17-20-25(26,31-26)23(27)28/h2-22H2,1H3,(H,27,28). The first-order valence-corrected chi connectivity index (χ1v) is 13.2. The number of ether oxygens (including phenoxy) is 2. The van der Waals surface area contributed by atoms with E-state index in [2.05, 4.69) is 6.92 Å². The monoisotopic (exact) mass is 438 g/mol. The molecule has 0 aromatic carbocycles. The highest BCUT2D eigenvalue weighted by atomic mass is 16.7. The van der Waals surface area contributed by atoms with Crippen molar-refractivity contribution in [1.82, 2.24) is 0 Å². The average molecular weight is 439 g/mol. The van der Waals surface area contributed by atoms with Crippen LogP contribution in [0.15, 0.2) is 0 Å². The maximum atomic E-state index is 12.4. The molecule has 1 saturated heterocycles. The number of epoxide rings is 1. The molecule has 0 radical (unpaired) electrons. The molecule has 5 nitrogen and oxygen atoms in total. The predicted octanol–water partition coefficient (Wildman–Crippen LogP) is 6.96. The molecule has 0 aromatic rings. The van der Waals surface area contributed by atoms with Gasteiger partial charge in [-0.2, -0.15) is 0 Å². The third-order valence-electron chi connectivity index (χ3n) is 7.17. The zero-order valence-corrected chi connectivity index (χ0v) is 19.9. The van der Waals surface area contributed by atoms with E-state index >= 15 is 0 Å². The fourth-order valence-corrected chi connectivity index (χ4v) is 5.09. The van der Waals surface area contributed by atoms with Gasteiger partial charge in [0.2, 0.25) is 11.2 Å². The van der Waals surface area contributed by atoms with Gasteiger partial charge < -0.3 is 14.6 Å². The Morgan fingerprint density at radius 3 is 1.58 bits per heavy atom. The number of unbranched alkanes of at least 4 members (excludes halogenated alkanes) is 15. The van der Waals surface area contributed by atoms with Crippen molar-refractivity contribution in [3.63, 3.8) is 0 Å². The minimum absolute atomic E-state index is 0.373. The molecule has 1 saturated carbocycles. The molecule has 2 fully saturated rings. The van der Waals surface area contributed by atoms with Gasteiger partial charge in [0.05, 0.1) is 6.61 Å². The average Bonchev–Trinajstić information content (AvgIpc) is 3.48. The Bertz CT molecular complexity index is 534. The molecule has 1 N–H and O–H groups in total. The highest BCUT2D eigenvalue weighted by Crippen LogP contribution is 2.58. The van der Waals surface area contributed by atoms with Crippen molar-refractivity contribution in [3.05, 3.63) is 0 Å². The number of carboxylic acid groups (broad SMARTS) is 1. The van der Waals surface area contributed by atoms with Gasteiger partial charge in [0, 0.05) is 0 Å². The van der Waals surface area contributed by atoms with Crippen molar-refractivity contribution in [3.8, 4) is 0 Å². The Morgan fingerprint density at radius 2 is 1.13 bits per heavy atom. The summed E-state index contributed by atoms with van der Waals surface area (Å²) in [6, 6.07) is 0. The van der Waals surface area contributed by atoms with E-state index in [1.54, 1.807) is 0 Å². The molecule has 0 amide bonds. The summed E-state index contributed by atoms with van der Waals surface area (Å²) in [6.45, 7) is 2.64. The summed E-state index contributed by atoms with van der Waals surface area (Å²) in [4.78, 5) is 23.9. The molecule has 1 aliphatic carbocycles. The SMILES string of the molecule is CCCCCCCCCCCCCCCCCCOC(=O)C12CCCCC1(C(=O)O)O2. The van der Waals surface area contributed by atoms with E-state index in [-0.39, 0.29) is 0 Å². The molecule has 2 unspecified atom stereocenters. The van der Waals surface area contributed by atoms with Crippen LogP contribution in [0.2, 0.25) is 0 Å². The Morgan fingerprint density at radius 1 is 0.710 bits per heavy atom. The van der Waals surface area contributed by atoms with Crippen LogP contribution in [0.4, 0.5) is 0 Å². The van der Waals surface area contributed by atoms with Gasteiger partial charge in [0.25, 0.3) is 0 Å². The number of aliphatic carboxylic acids is 1. The predicted molar refractivity (Wildman–Crippen MR) is 123 cm³/mol. The van der Waals surface area contributed by atoms with Crippen molar-refractivity contribution >= 4 is 11.9 Å². The number of hydrogen-bond acceptors (Lipinski definition) is 4. The lowest BCUT2D eigenvalue weighted by Crippen LogP contribution is -2.43. The first kappa shape index (κ1) is 26.2. The zero-order valence-electron chi connectivity index (χ0n) is 19.9. The van der Waals surface area contributed by atoms with Gasteiger partial charge in [-0.05, 0) is 32.1 Å². The van der Waals surface area contributed by atoms with Gasteiger partial charge >= 0.3 is 11.9 Å². The highest BCUT2D eigenvalue weighted by Gasteiger charge is 2.80. The number of carbonyl (C=O) groups is 2. The van der Waals surface area contributed by atoms with E-state index in [0.29, 0.717) is 19.4 Å².